The van der Waals surface area contributed by atoms with Crippen LogP contribution in [0.25, 0.3) is 0 Å². The standard InChI is InChI=1S/C8H8O.CHNO/c1-7-4-2-3-5-8(7)6-9;2-1-3/h2-6H,1H3;2H. The van der Waals surface area contributed by atoms with E-state index < -0.39 is 0 Å². The maximum Gasteiger partial charge on any atom is 0.231 e. The van der Waals surface area contributed by atoms with E-state index in [1.165, 1.54) is 0 Å². The molecule has 62 valence electrons. The van der Waals surface area contributed by atoms with E-state index in [0.29, 0.717) is 0 Å². The Morgan fingerprint density at radius 1 is 1.42 bits per heavy atom. The zero-order valence-electron chi connectivity index (χ0n) is 6.70. The molecular weight excluding hydrogens is 154 g/mol. The summed E-state index contributed by atoms with van der Waals surface area (Å²) in [5, 5.41) is 5.40. The molecule has 12 heavy (non-hydrogen) atoms. The van der Waals surface area contributed by atoms with Gasteiger partial charge in [0.25, 0.3) is 0 Å². The molecule has 0 amide bonds. The number of rotatable bonds is 1. The molecule has 0 fully saturated rings. The number of aryl methyl sites for hydroxylation is 1. The summed E-state index contributed by atoms with van der Waals surface area (Å²) in [5.74, 6) is 0. The van der Waals surface area contributed by atoms with Crippen LogP contribution in [0.1, 0.15) is 15.9 Å². The second-order valence-corrected chi connectivity index (χ2v) is 2.08. The normalized spacial score (nSPS) is 7.42. The number of hydrogen-bond acceptors (Lipinski definition) is 3. The smallest absolute Gasteiger partial charge is 0.231 e. The van der Waals surface area contributed by atoms with Crippen LogP contribution in [0.4, 0.5) is 0 Å². The van der Waals surface area contributed by atoms with Crippen LogP contribution in [-0.2, 0) is 4.79 Å². The van der Waals surface area contributed by atoms with Gasteiger partial charge in [-0.15, -0.1) is 0 Å². The van der Waals surface area contributed by atoms with Gasteiger partial charge in [0.2, 0.25) is 6.08 Å². The van der Waals surface area contributed by atoms with Crippen molar-refractivity contribution in [2.45, 2.75) is 6.92 Å². The molecule has 1 aromatic rings. The van der Waals surface area contributed by atoms with Crippen LogP contribution < -0.4 is 0 Å². The molecule has 1 N–H and O–H groups in total. The first kappa shape index (κ1) is 10.3. The summed E-state index contributed by atoms with van der Waals surface area (Å²) in [6, 6.07) is 7.51. The number of isocyanates is 1. The molecule has 0 bridgehead atoms. The van der Waals surface area contributed by atoms with Gasteiger partial charge in [0, 0.05) is 5.56 Å². The third kappa shape index (κ3) is 3.44. The second-order valence-electron chi connectivity index (χ2n) is 2.08. The van der Waals surface area contributed by atoms with Crippen LogP contribution in [0.5, 0.6) is 0 Å². The van der Waals surface area contributed by atoms with Gasteiger partial charge in [0.1, 0.15) is 6.29 Å². The number of nitrogens with one attached hydrogen (secondary N) is 1. The van der Waals surface area contributed by atoms with Crippen molar-refractivity contribution < 1.29 is 9.59 Å². The maximum atomic E-state index is 10.2. The first-order chi connectivity index (χ1) is 5.76. The highest BCUT2D eigenvalue weighted by molar-refractivity contribution is 5.76. The largest absolute Gasteiger partial charge is 0.298 e. The number of benzene rings is 1. The predicted octanol–water partition coefficient (Wildman–Crippen LogP) is 1.71. The van der Waals surface area contributed by atoms with E-state index in [2.05, 4.69) is 0 Å². The average Bonchev–Trinajstić information content (AvgIpc) is 2.07. The van der Waals surface area contributed by atoms with Gasteiger partial charge in [-0.05, 0) is 12.5 Å². The Balaban J connectivity index is 0.000000354. The van der Waals surface area contributed by atoms with Gasteiger partial charge < -0.3 is 0 Å². The van der Waals surface area contributed by atoms with Crippen molar-refractivity contribution >= 4 is 12.4 Å². The van der Waals surface area contributed by atoms with Crippen LogP contribution >= 0.6 is 0 Å². The van der Waals surface area contributed by atoms with Crippen molar-refractivity contribution in [3.05, 3.63) is 35.4 Å². The summed E-state index contributed by atoms with van der Waals surface area (Å²) in [5.41, 5.74) is 1.81. The Labute approximate surface area is 70.5 Å². The molecular formula is C9H9NO2. The lowest BCUT2D eigenvalue weighted by Gasteiger charge is -1.92. The summed E-state index contributed by atoms with van der Waals surface area (Å²) in [6.07, 6.45) is 1.62. The molecule has 0 aliphatic carbocycles. The Kier molecular flexibility index (Phi) is 5.14. The third-order valence-corrected chi connectivity index (χ3v) is 1.32. The second kappa shape index (κ2) is 6.01. The van der Waals surface area contributed by atoms with E-state index in [0.717, 1.165) is 23.5 Å². The van der Waals surface area contributed by atoms with E-state index in [1.807, 2.05) is 31.2 Å². The Hall–Kier alpha value is -1.73. The van der Waals surface area contributed by atoms with E-state index in [1.54, 1.807) is 0 Å². The Morgan fingerprint density at radius 2 is 1.92 bits per heavy atom. The maximum absolute atomic E-state index is 10.2. The molecule has 1 aromatic carbocycles. The van der Waals surface area contributed by atoms with Crippen molar-refractivity contribution in [2.24, 2.45) is 0 Å². The van der Waals surface area contributed by atoms with Gasteiger partial charge in [0.05, 0.1) is 0 Å². The molecule has 0 saturated heterocycles. The minimum Gasteiger partial charge on any atom is -0.298 e. The van der Waals surface area contributed by atoms with Gasteiger partial charge in [0.15, 0.2) is 0 Å². The monoisotopic (exact) mass is 163 g/mol. The van der Waals surface area contributed by atoms with Crippen LogP contribution in [-0.4, -0.2) is 12.4 Å². The van der Waals surface area contributed by atoms with Crippen LogP contribution in [0.15, 0.2) is 24.3 Å². The van der Waals surface area contributed by atoms with Crippen molar-refractivity contribution in [1.82, 2.24) is 0 Å². The van der Waals surface area contributed by atoms with Crippen LogP contribution in [0, 0.1) is 12.3 Å². The Morgan fingerprint density at radius 3 is 2.25 bits per heavy atom. The third-order valence-electron chi connectivity index (χ3n) is 1.32. The van der Waals surface area contributed by atoms with Crippen LogP contribution in [0.3, 0.4) is 0 Å². The number of hydrogen-bond donors (Lipinski definition) is 1. The molecule has 3 nitrogen and oxygen atoms in total. The summed E-state index contributed by atoms with van der Waals surface area (Å²) >= 11 is 0. The summed E-state index contributed by atoms with van der Waals surface area (Å²) in [6.45, 7) is 1.92. The molecule has 0 unspecified atom stereocenters. The SMILES string of the molecule is Cc1ccccc1C=O.N=C=O. The molecule has 0 spiro atoms. The van der Waals surface area contributed by atoms with Crippen molar-refractivity contribution in [1.29, 1.82) is 5.41 Å². The van der Waals surface area contributed by atoms with E-state index in [4.69, 9.17) is 10.2 Å². The first-order valence-corrected chi connectivity index (χ1v) is 3.31. The fourth-order valence-electron chi connectivity index (χ4n) is 0.719. The van der Waals surface area contributed by atoms with Gasteiger partial charge >= 0.3 is 0 Å². The molecule has 0 atom stereocenters. The minimum absolute atomic E-state index is 0.750. The highest BCUT2D eigenvalue weighted by Crippen LogP contribution is 2.02. The lowest BCUT2D eigenvalue weighted by atomic mass is 10.1. The molecule has 0 aromatic heterocycles. The molecule has 0 heterocycles. The van der Waals surface area contributed by atoms with Gasteiger partial charge in [-0.25, -0.2) is 10.2 Å². The highest BCUT2D eigenvalue weighted by atomic mass is 16.1. The quantitative estimate of drug-likeness (QED) is 0.389. The molecule has 1 rings (SSSR count). The summed E-state index contributed by atoms with van der Waals surface area (Å²) in [7, 11) is 0. The van der Waals surface area contributed by atoms with Gasteiger partial charge in [-0.1, -0.05) is 24.3 Å². The molecule has 3 heteroatoms. The van der Waals surface area contributed by atoms with Crippen molar-refractivity contribution in [3.8, 4) is 0 Å². The zero-order valence-corrected chi connectivity index (χ0v) is 6.70. The summed E-state index contributed by atoms with van der Waals surface area (Å²) in [4.78, 5) is 18.6. The first-order valence-electron chi connectivity index (χ1n) is 3.31. The lowest BCUT2D eigenvalue weighted by Crippen LogP contribution is -1.82. The Bertz CT molecular complexity index is 288. The number of aldehydes is 1. The van der Waals surface area contributed by atoms with Crippen molar-refractivity contribution in [3.63, 3.8) is 0 Å². The van der Waals surface area contributed by atoms with Crippen LogP contribution in [0.2, 0.25) is 0 Å². The fourth-order valence-corrected chi connectivity index (χ4v) is 0.719. The number of carbonyl (C=O) groups is 1. The molecule has 0 aliphatic rings. The molecule has 0 aliphatic heterocycles. The predicted molar refractivity (Wildman–Crippen MR) is 45.0 cm³/mol. The van der Waals surface area contributed by atoms with E-state index in [-0.39, 0.29) is 0 Å². The topological polar surface area (TPSA) is 58.0 Å². The summed E-state index contributed by atoms with van der Waals surface area (Å²) < 4.78 is 0. The molecule has 0 radical (unpaired) electrons. The lowest BCUT2D eigenvalue weighted by molar-refractivity contribution is 0.112. The fraction of sp³-hybridized carbons (Fsp3) is 0.111. The zero-order chi connectivity index (χ0) is 9.40. The van der Waals surface area contributed by atoms with Gasteiger partial charge in [-0.2, -0.15) is 0 Å². The highest BCUT2D eigenvalue weighted by Gasteiger charge is 1.90. The van der Waals surface area contributed by atoms with Gasteiger partial charge in [-0.3, -0.25) is 4.79 Å². The minimum atomic E-state index is 0.750. The average molecular weight is 163 g/mol. The molecule has 0 saturated carbocycles. The van der Waals surface area contributed by atoms with Crippen molar-refractivity contribution in [2.75, 3.05) is 0 Å². The van der Waals surface area contributed by atoms with E-state index >= 15 is 0 Å². The van der Waals surface area contributed by atoms with E-state index in [9.17, 15) is 4.79 Å². The number of carbonyl (C=O) groups excluding carboxylic acids is 2.